The van der Waals surface area contributed by atoms with Gasteiger partial charge in [-0.15, -0.1) is 0 Å². The smallest absolute Gasteiger partial charge is 0.292 e. The van der Waals surface area contributed by atoms with E-state index in [2.05, 4.69) is 4.98 Å². The van der Waals surface area contributed by atoms with Gasteiger partial charge in [-0.3, -0.25) is 0 Å². The SMILES string of the molecule is Nc1nc(C2CCCCS2(=O)=O)co1. The molecule has 0 amide bonds. The molecular weight excluding hydrogens is 204 g/mol. The van der Waals surface area contributed by atoms with Crippen molar-refractivity contribution >= 4 is 15.9 Å². The zero-order valence-corrected chi connectivity index (χ0v) is 8.46. The molecule has 0 spiro atoms. The van der Waals surface area contributed by atoms with Gasteiger partial charge in [0.15, 0.2) is 9.84 Å². The third-order valence-corrected chi connectivity index (χ3v) is 4.65. The second-order valence-electron chi connectivity index (χ2n) is 3.46. The molecule has 2 rings (SSSR count). The highest BCUT2D eigenvalue weighted by molar-refractivity contribution is 7.91. The summed E-state index contributed by atoms with van der Waals surface area (Å²) in [5, 5.41) is -0.516. The maximum absolute atomic E-state index is 11.7. The van der Waals surface area contributed by atoms with Crippen LogP contribution in [0.15, 0.2) is 10.7 Å². The molecule has 5 nitrogen and oxygen atoms in total. The van der Waals surface area contributed by atoms with Gasteiger partial charge in [-0.1, -0.05) is 6.42 Å². The number of aromatic nitrogens is 1. The van der Waals surface area contributed by atoms with Crippen LogP contribution in [0.3, 0.4) is 0 Å². The molecule has 78 valence electrons. The van der Waals surface area contributed by atoms with E-state index in [1.807, 2.05) is 0 Å². The molecule has 0 aromatic carbocycles. The van der Waals surface area contributed by atoms with Gasteiger partial charge in [0.25, 0.3) is 6.01 Å². The minimum atomic E-state index is -3.04. The monoisotopic (exact) mass is 216 g/mol. The van der Waals surface area contributed by atoms with E-state index in [-0.39, 0.29) is 11.8 Å². The summed E-state index contributed by atoms with van der Waals surface area (Å²) in [4.78, 5) is 3.86. The van der Waals surface area contributed by atoms with Crippen LogP contribution in [0.25, 0.3) is 0 Å². The highest BCUT2D eigenvalue weighted by Crippen LogP contribution is 2.32. The molecule has 1 aliphatic heterocycles. The second-order valence-corrected chi connectivity index (χ2v) is 5.77. The van der Waals surface area contributed by atoms with E-state index in [1.165, 1.54) is 6.26 Å². The van der Waals surface area contributed by atoms with Gasteiger partial charge in [0.05, 0.1) is 11.4 Å². The average molecular weight is 216 g/mol. The number of rotatable bonds is 1. The first-order chi connectivity index (χ1) is 6.59. The summed E-state index contributed by atoms with van der Waals surface area (Å²) in [6, 6.07) is 0.0285. The van der Waals surface area contributed by atoms with Gasteiger partial charge in [0.1, 0.15) is 11.5 Å². The fourth-order valence-corrected chi connectivity index (χ4v) is 3.63. The van der Waals surface area contributed by atoms with Crippen LogP contribution in [0, 0.1) is 0 Å². The van der Waals surface area contributed by atoms with Crippen LogP contribution in [0.5, 0.6) is 0 Å². The largest absolute Gasteiger partial charge is 0.432 e. The zero-order valence-electron chi connectivity index (χ0n) is 7.64. The first kappa shape index (κ1) is 9.51. The lowest BCUT2D eigenvalue weighted by atomic mass is 10.1. The lowest BCUT2D eigenvalue weighted by Gasteiger charge is -2.19. The van der Waals surface area contributed by atoms with E-state index in [1.54, 1.807) is 0 Å². The molecule has 1 saturated heterocycles. The van der Waals surface area contributed by atoms with Crippen LogP contribution in [0.1, 0.15) is 30.2 Å². The van der Waals surface area contributed by atoms with Crippen LogP contribution in [-0.2, 0) is 9.84 Å². The molecule has 6 heteroatoms. The summed E-state index contributed by atoms with van der Waals surface area (Å²) >= 11 is 0. The Bertz CT molecular complexity index is 424. The Hall–Kier alpha value is -1.04. The summed E-state index contributed by atoms with van der Waals surface area (Å²) in [6.07, 6.45) is 3.61. The normalized spacial score (nSPS) is 26.1. The maximum Gasteiger partial charge on any atom is 0.292 e. The predicted molar refractivity (Wildman–Crippen MR) is 51.3 cm³/mol. The molecule has 0 aliphatic carbocycles. The number of oxazole rings is 1. The molecule has 0 saturated carbocycles. The Kier molecular flexibility index (Phi) is 2.22. The molecule has 0 bridgehead atoms. The van der Waals surface area contributed by atoms with Gasteiger partial charge in [-0.05, 0) is 12.8 Å². The zero-order chi connectivity index (χ0) is 10.2. The molecule has 1 aliphatic rings. The topological polar surface area (TPSA) is 86.2 Å². The molecule has 14 heavy (non-hydrogen) atoms. The maximum atomic E-state index is 11.7. The molecular formula is C8H12N2O3S. The van der Waals surface area contributed by atoms with Crippen molar-refractivity contribution in [2.24, 2.45) is 0 Å². The van der Waals surface area contributed by atoms with Crippen molar-refractivity contribution in [3.63, 3.8) is 0 Å². The van der Waals surface area contributed by atoms with Crippen LogP contribution >= 0.6 is 0 Å². The number of sulfone groups is 1. The molecule has 1 aromatic rings. The van der Waals surface area contributed by atoms with Crippen molar-refractivity contribution in [2.45, 2.75) is 24.5 Å². The molecule has 1 aromatic heterocycles. The Balaban J connectivity index is 2.33. The van der Waals surface area contributed by atoms with E-state index < -0.39 is 15.1 Å². The average Bonchev–Trinajstić information content (AvgIpc) is 2.51. The third kappa shape index (κ3) is 1.61. The van der Waals surface area contributed by atoms with Crippen LogP contribution in [0.2, 0.25) is 0 Å². The van der Waals surface area contributed by atoms with Crippen molar-refractivity contribution < 1.29 is 12.8 Å². The molecule has 1 unspecified atom stereocenters. The number of anilines is 1. The summed E-state index contributed by atoms with van der Waals surface area (Å²) in [6.45, 7) is 0. The second kappa shape index (κ2) is 3.27. The lowest BCUT2D eigenvalue weighted by molar-refractivity contribution is 0.538. The van der Waals surface area contributed by atoms with Gasteiger partial charge in [0.2, 0.25) is 0 Å². The third-order valence-electron chi connectivity index (χ3n) is 2.45. The molecule has 2 N–H and O–H groups in total. The van der Waals surface area contributed by atoms with E-state index in [0.717, 1.165) is 12.8 Å². The van der Waals surface area contributed by atoms with Crippen molar-refractivity contribution in [2.75, 3.05) is 11.5 Å². The van der Waals surface area contributed by atoms with Gasteiger partial charge in [0, 0.05) is 0 Å². The first-order valence-corrected chi connectivity index (χ1v) is 6.23. The quantitative estimate of drug-likeness (QED) is 0.753. The predicted octanol–water partition coefficient (Wildman–Crippen LogP) is 0.897. The molecule has 2 heterocycles. The van der Waals surface area contributed by atoms with Crippen LogP contribution in [-0.4, -0.2) is 19.2 Å². The number of nitrogens with two attached hydrogens (primary N) is 1. The number of nitrogens with zero attached hydrogens (tertiary/aromatic N) is 1. The standard InChI is InChI=1S/C8H12N2O3S/c9-8-10-6(5-13-8)7-3-1-2-4-14(7,11)12/h5,7H,1-4H2,(H2,9,10). The Morgan fingerprint density at radius 2 is 2.29 bits per heavy atom. The van der Waals surface area contributed by atoms with Gasteiger partial charge >= 0.3 is 0 Å². The Labute approximate surface area is 82.2 Å². The van der Waals surface area contributed by atoms with Crippen molar-refractivity contribution in [1.29, 1.82) is 0 Å². The molecule has 1 atom stereocenters. The lowest BCUT2D eigenvalue weighted by Crippen LogP contribution is -2.21. The summed E-state index contributed by atoms with van der Waals surface area (Å²) in [5.74, 6) is 0.241. The van der Waals surface area contributed by atoms with E-state index in [4.69, 9.17) is 10.2 Å². The van der Waals surface area contributed by atoms with Gasteiger partial charge < -0.3 is 10.2 Å². The van der Waals surface area contributed by atoms with E-state index in [9.17, 15) is 8.42 Å². The van der Waals surface area contributed by atoms with Crippen LogP contribution < -0.4 is 5.73 Å². The highest BCUT2D eigenvalue weighted by atomic mass is 32.2. The van der Waals surface area contributed by atoms with Crippen molar-refractivity contribution in [3.05, 3.63) is 12.0 Å². The number of hydrogen-bond acceptors (Lipinski definition) is 5. The number of hydrogen-bond donors (Lipinski definition) is 1. The van der Waals surface area contributed by atoms with Gasteiger partial charge in [-0.2, -0.15) is 4.98 Å². The van der Waals surface area contributed by atoms with Gasteiger partial charge in [-0.25, -0.2) is 8.42 Å². The van der Waals surface area contributed by atoms with Crippen molar-refractivity contribution in [1.82, 2.24) is 4.98 Å². The Morgan fingerprint density at radius 3 is 2.86 bits per heavy atom. The minimum absolute atomic E-state index is 0.0285. The van der Waals surface area contributed by atoms with E-state index in [0.29, 0.717) is 12.1 Å². The van der Waals surface area contributed by atoms with E-state index >= 15 is 0 Å². The summed E-state index contributed by atoms with van der Waals surface area (Å²) in [5.41, 5.74) is 5.75. The fraction of sp³-hybridized carbons (Fsp3) is 0.625. The fourth-order valence-electron chi connectivity index (χ4n) is 1.74. The first-order valence-electron chi connectivity index (χ1n) is 4.52. The summed E-state index contributed by atoms with van der Waals surface area (Å²) < 4.78 is 28.2. The molecule has 1 fully saturated rings. The summed E-state index contributed by atoms with van der Waals surface area (Å²) in [7, 11) is -3.04. The Morgan fingerprint density at radius 1 is 1.50 bits per heavy atom. The highest BCUT2D eigenvalue weighted by Gasteiger charge is 2.32. The van der Waals surface area contributed by atoms with Crippen LogP contribution in [0.4, 0.5) is 6.01 Å². The minimum Gasteiger partial charge on any atom is -0.432 e. The number of nitrogen functional groups attached to an aromatic ring is 1. The van der Waals surface area contributed by atoms with Crippen molar-refractivity contribution in [3.8, 4) is 0 Å². The molecule has 0 radical (unpaired) electrons.